The van der Waals surface area contributed by atoms with Crippen LogP contribution in [0.5, 0.6) is 0 Å². The van der Waals surface area contributed by atoms with Crippen molar-refractivity contribution < 1.29 is 128 Å². The van der Waals surface area contributed by atoms with Gasteiger partial charge in [0, 0.05) is 26.1 Å². The van der Waals surface area contributed by atoms with Crippen LogP contribution in [0, 0.1) is 0 Å². The molecule has 3 aliphatic heterocycles. The number of hydrogen-bond acceptors (Lipinski definition) is 26. The summed E-state index contributed by atoms with van der Waals surface area (Å²) in [6.07, 6.45) is -24.6. The third-order valence-corrected chi connectivity index (χ3v) is 10.9. The first-order valence-corrected chi connectivity index (χ1v) is 22.5. The number of nitrogens with zero attached hydrogens (tertiary/aromatic N) is 1. The first kappa shape index (κ1) is 61.8. The Morgan fingerprint density at radius 1 is 0.458 bits per heavy atom. The molecule has 0 saturated carbocycles. The van der Waals surface area contributed by atoms with Gasteiger partial charge < -0.3 is 127 Å². The van der Waals surface area contributed by atoms with Crippen molar-refractivity contribution >= 4 is 41.4 Å². The van der Waals surface area contributed by atoms with Crippen LogP contribution in [0.2, 0.25) is 0 Å². The highest BCUT2D eigenvalue weighted by Gasteiger charge is 2.46. The van der Waals surface area contributed by atoms with Gasteiger partial charge in [-0.1, -0.05) is 0 Å². The predicted molar refractivity (Wildman–Crippen MR) is 229 cm³/mol. The van der Waals surface area contributed by atoms with Crippen molar-refractivity contribution in [1.82, 2.24) is 36.8 Å². The molecule has 0 spiro atoms. The molecule has 0 bridgehead atoms. The number of aliphatic hydroxyl groups excluding tert-OH is 12. The second kappa shape index (κ2) is 31.3. The Labute approximate surface area is 409 Å². The molecule has 6 amide bonds. The Balaban J connectivity index is 1.59. The van der Waals surface area contributed by atoms with Crippen molar-refractivity contribution in [3.63, 3.8) is 0 Å². The molecule has 33 heteroatoms. The van der Waals surface area contributed by atoms with E-state index in [1.807, 2.05) is 0 Å². The Kier molecular flexibility index (Phi) is 26.9. The average Bonchev–Trinajstić information content (AvgIpc) is 3.34. The number of carbonyl (C=O) groups is 7. The average molecular weight is 1050 g/mol. The predicted octanol–water partition coefficient (Wildman–Crippen LogP) is -13.3. The van der Waals surface area contributed by atoms with Crippen LogP contribution in [0.3, 0.4) is 0 Å². The number of carboxylic acids is 1. The second-order valence-electron chi connectivity index (χ2n) is 16.4. The van der Waals surface area contributed by atoms with Gasteiger partial charge in [0.25, 0.3) is 0 Å². The molecule has 3 fully saturated rings. The lowest BCUT2D eigenvalue weighted by molar-refractivity contribution is -0.300. The number of aliphatic carboxylic acids is 1. The molecule has 0 aromatic heterocycles. The van der Waals surface area contributed by atoms with Crippen molar-refractivity contribution in [2.75, 3.05) is 92.0 Å². The van der Waals surface area contributed by atoms with E-state index in [0.29, 0.717) is 0 Å². The zero-order valence-electron chi connectivity index (χ0n) is 38.6. The Morgan fingerprint density at radius 2 is 0.819 bits per heavy atom. The Morgan fingerprint density at radius 3 is 1.19 bits per heavy atom. The fourth-order valence-electron chi connectivity index (χ4n) is 6.99. The van der Waals surface area contributed by atoms with E-state index in [2.05, 4.69) is 31.9 Å². The van der Waals surface area contributed by atoms with Crippen LogP contribution in [0.4, 0.5) is 0 Å². The van der Waals surface area contributed by atoms with Gasteiger partial charge in [-0.15, -0.1) is 0 Å². The van der Waals surface area contributed by atoms with Gasteiger partial charge >= 0.3 is 5.97 Å². The molecule has 3 rings (SSSR count). The van der Waals surface area contributed by atoms with Crippen molar-refractivity contribution in [3.8, 4) is 0 Å². The standard InChI is InChI=1S/C39H67N7O26/c47-14-18-27(57)30(60)33(63)37(70-18)67-6-3-40-23(52)11-46(12-24(53)41-4-7-68-38-34(64)31(61)28(58)19(15-48)71-38)13-25(54)43-9-22(51)45-17(1-2-21(50)44-10-26(55)56)36(66)42-5-8-69-39-35(65)32(62)29(59)20(16-49)72-39/h17-20,27-35,37-39,47-49,57-65H,1-16H2,(H,40,52)(H,41,53)(H,42,66)(H,43,54)(H,44,50)(H,45,51)(H,55,56)/t17?,18-,19-,20-,27-,28-,29-,30+,31+,32+,33+,34+,35+,37+,38+,39+/m1/s1. The van der Waals surface area contributed by atoms with Gasteiger partial charge in [-0.3, -0.25) is 38.5 Å². The molecule has 3 aliphatic rings. The molecular weight excluding hydrogens is 982 g/mol. The molecular formula is C39H67N7O26. The molecule has 72 heavy (non-hydrogen) atoms. The summed E-state index contributed by atoms with van der Waals surface area (Å²) in [7, 11) is 0. The minimum Gasteiger partial charge on any atom is -0.480 e. The van der Waals surface area contributed by atoms with Gasteiger partial charge in [0.2, 0.25) is 35.4 Å². The number of amides is 6. The van der Waals surface area contributed by atoms with Gasteiger partial charge in [-0.25, -0.2) is 0 Å². The van der Waals surface area contributed by atoms with Gasteiger partial charge in [0.05, 0.1) is 65.8 Å². The normalized spacial score (nSPS) is 30.9. The molecule has 19 N–H and O–H groups in total. The van der Waals surface area contributed by atoms with Crippen molar-refractivity contribution in [2.45, 2.75) is 111 Å². The molecule has 3 saturated heterocycles. The molecule has 0 aromatic carbocycles. The number of nitrogens with one attached hydrogen (secondary N) is 6. The zero-order chi connectivity index (χ0) is 53.7. The quantitative estimate of drug-likeness (QED) is 0.0297. The summed E-state index contributed by atoms with van der Waals surface area (Å²) in [5, 5.41) is 141. The highest BCUT2D eigenvalue weighted by Crippen LogP contribution is 2.24. The van der Waals surface area contributed by atoms with Crippen LogP contribution in [0.1, 0.15) is 12.8 Å². The molecule has 414 valence electrons. The van der Waals surface area contributed by atoms with E-state index in [1.165, 1.54) is 0 Å². The first-order chi connectivity index (χ1) is 34.1. The van der Waals surface area contributed by atoms with Gasteiger partial charge in [-0.2, -0.15) is 0 Å². The third kappa shape index (κ3) is 19.8. The minimum absolute atomic E-state index is 0.267. The van der Waals surface area contributed by atoms with Crippen LogP contribution < -0.4 is 31.9 Å². The number of carboxylic acid groups (broad SMARTS) is 1. The molecule has 0 radical (unpaired) electrons. The largest absolute Gasteiger partial charge is 0.480 e. The van der Waals surface area contributed by atoms with Crippen molar-refractivity contribution in [2.24, 2.45) is 0 Å². The third-order valence-electron chi connectivity index (χ3n) is 10.9. The SMILES string of the molecule is O=C(O)CNC(=O)CCC(NC(=O)CNC(=O)CN(CC(=O)NCCO[C@H]1O[C@H](CO)[C@@H](O)[C@H](O)[C@@H]1O)CC(=O)NCCO[C@H]1O[C@H](CO)[C@@H](O)[C@H](O)[C@@H]1O)C(=O)NCCO[C@H]1O[C@H](CO)[C@@H](O)[C@H](O)[C@@H]1O. The van der Waals surface area contributed by atoms with Crippen LogP contribution in [-0.4, -0.2) is 303 Å². The van der Waals surface area contributed by atoms with E-state index >= 15 is 0 Å². The maximum absolute atomic E-state index is 13.2. The van der Waals surface area contributed by atoms with Gasteiger partial charge in [-0.05, 0) is 6.42 Å². The summed E-state index contributed by atoms with van der Waals surface area (Å²) in [6.45, 7) is -7.70. The smallest absolute Gasteiger partial charge is 0.322 e. The lowest BCUT2D eigenvalue weighted by atomic mass is 9.99. The Bertz CT molecular complexity index is 1680. The van der Waals surface area contributed by atoms with Gasteiger partial charge in [0.15, 0.2) is 18.9 Å². The summed E-state index contributed by atoms with van der Waals surface area (Å²) in [5.41, 5.74) is 0. The zero-order valence-corrected chi connectivity index (χ0v) is 38.6. The van der Waals surface area contributed by atoms with Crippen LogP contribution >= 0.6 is 0 Å². The Hall–Kier alpha value is -4.47. The van der Waals surface area contributed by atoms with Crippen molar-refractivity contribution in [1.29, 1.82) is 0 Å². The van der Waals surface area contributed by atoms with E-state index in [9.17, 15) is 94.8 Å². The lowest BCUT2D eigenvalue weighted by Gasteiger charge is -2.39. The second-order valence-corrected chi connectivity index (χ2v) is 16.4. The highest BCUT2D eigenvalue weighted by molar-refractivity contribution is 5.91. The van der Waals surface area contributed by atoms with E-state index < -0.39 is 205 Å². The summed E-state index contributed by atoms with van der Waals surface area (Å²) < 4.78 is 31.7. The molecule has 0 aromatic rings. The number of aliphatic hydroxyl groups is 12. The summed E-state index contributed by atoms with van der Waals surface area (Å²) in [4.78, 5) is 89.5. The molecule has 33 nitrogen and oxygen atoms in total. The fourth-order valence-corrected chi connectivity index (χ4v) is 6.99. The number of hydrogen-bond donors (Lipinski definition) is 19. The minimum atomic E-state index is -1.74. The van der Waals surface area contributed by atoms with Crippen LogP contribution in [0.15, 0.2) is 0 Å². The number of carbonyl (C=O) groups excluding carboxylic acids is 6. The number of rotatable bonds is 30. The highest BCUT2D eigenvalue weighted by atomic mass is 16.7. The maximum atomic E-state index is 13.2. The van der Waals surface area contributed by atoms with Crippen LogP contribution in [0.25, 0.3) is 0 Å². The molecule has 3 heterocycles. The molecule has 0 aliphatic carbocycles. The monoisotopic (exact) mass is 1050 g/mol. The van der Waals surface area contributed by atoms with E-state index in [0.717, 1.165) is 4.90 Å². The lowest BCUT2D eigenvalue weighted by Crippen LogP contribution is -2.59. The summed E-state index contributed by atoms with van der Waals surface area (Å²) in [5.74, 6) is -6.60. The number of ether oxygens (including phenoxy) is 6. The van der Waals surface area contributed by atoms with E-state index in [4.69, 9.17) is 33.5 Å². The molecule has 16 atom stereocenters. The van der Waals surface area contributed by atoms with E-state index in [1.54, 1.807) is 0 Å². The summed E-state index contributed by atoms with van der Waals surface area (Å²) in [6, 6.07) is -1.49. The molecule has 1 unspecified atom stereocenters. The topological polar surface area (TPSA) is 513 Å². The van der Waals surface area contributed by atoms with Crippen molar-refractivity contribution in [3.05, 3.63) is 0 Å². The van der Waals surface area contributed by atoms with Gasteiger partial charge in [0.1, 0.15) is 85.8 Å². The van der Waals surface area contributed by atoms with E-state index in [-0.39, 0.29) is 39.5 Å². The first-order valence-electron chi connectivity index (χ1n) is 22.5. The maximum Gasteiger partial charge on any atom is 0.322 e. The van der Waals surface area contributed by atoms with Crippen LogP contribution in [-0.2, 0) is 62.0 Å². The summed E-state index contributed by atoms with van der Waals surface area (Å²) >= 11 is 0. The fraction of sp³-hybridized carbons (Fsp3) is 0.821.